The first-order valence-electron chi connectivity index (χ1n) is 5.14. The third kappa shape index (κ3) is 2.18. The molecule has 2 rings (SSSR count). The zero-order valence-corrected chi connectivity index (χ0v) is 9.31. The second-order valence-electron chi connectivity index (χ2n) is 3.55. The number of benzene rings is 2. The number of methoxy groups -OCH3 is 1. The van der Waals surface area contributed by atoms with E-state index in [-0.39, 0.29) is 5.82 Å². The number of aldehydes is 1. The van der Waals surface area contributed by atoms with Crippen molar-refractivity contribution < 1.29 is 13.9 Å². The van der Waals surface area contributed by atoms with E-state index in [9.17, 15) is 9.18 Å². The van der Waals surface area contributed by atoms with Crippen LogP contribution in [0.15, 0.2) is 42.5 Å². The van der Waals surface area contributed by atoms with Gasteiger partial charge in [-0.25, -0.2) is 4.39 Å². The fourth-order valence-electron chi connectivity index (χ4n) is 1.69. The molecule has 2 nitrogen and oxygen atoms in total. The van der Waals surface area contributed by atoms with Gasteiger partial charge in [-0.1, -0.05) is 24.3 Å². The summed E-state index contributed by atoms with van der Waals surface area (Å²) in [6, 6.07) is 11.4. The highest BCUT2D eigenvalue weighted by Crippen LogP contribution is 2.27. The zero-order valence-electron chi connectivity index (χ0n) is 9.31. The van der Waals surface area contributed by atoms with Gasteiger partial charge in [0.15, 0.2) is 6.29 Å². The second kappa shape index (κ2) is 4.78. The van der Waals surface area contributed by atoms with Gasteiger partial charge >= 0.3 is 0 Å². The molecule has 2 aromatic rings. The molecule has 0 aromatic heterocycles. The van der Waals surface area contributed by atoms with Crippen LogP contribution >= 0.6 is 0 Å². The Morgan fingerprint density at radius 2 is 1.94 bits per heavy atom. The highest BCUT2D eigenvalue weighted by molar-refractivity contribution is 5.83. The summed E-state index contributed by atoms with van der Waals surface area (Å²) in [6.07, 6.45) is 0.698. The SMILES string of the molecule is COc1ccc(-c2ccccc2F)cc1C=O. The molecule has 0 aliphatic carbocycles. The standard InChI is InChI=1S/C14H11FO2/c1-17-14-7-6-10(8-11(14)9-16)12-4-2-3-5-13(12)15/h2-9H,1H3. The summed E-state index contributed by atoms with van der Waals surface area (Å²) in [5.74, 6) is 0.176. The molecular formula is C14H11FO2. The lowest BCUT2D eigenvalue weighted by molar-refractivity contribution is 0.112. The van der Waals surface area contributed by atoms with Crippen molar-refractivity contribution in [2.75, 3.05) is 7.11 Å². The number of halogens is 1. The Kier molecular flexibility index (Phi) is 3.19. The van der Waals surface area contributed by atoms with E-state index in [1.54, 1.807) is 36.4 Å². The van der Waals surface area contributed by atoms with Crippen molar-refractivity contribution in [2.24, 2.45) is 0 Å². The Bertz CT molecular complexity index is 550. The molecular weight excluding hydrogens is 219 g/mol. The zero-order chi connectivity index (χ0) is 12.3. The molecule has 0 amide bonds. The molecule has 0 bridgehead atoms. The van der Waals surface area contributed by atoms with Gasteiger partial charge in [-0.3, -0.25) is 4.79 Å². The molecule has 0 N–H and O–H groups in total. The van der Waals surface area contributed by atoms with Crippen LogP contribution < -0.4 is 4.74 Å². The average molecular weight is 230 g/mol. The monoisotopic (exact) mass is 230 g/mol. The van der Waals surface area contributed by atoms with Crippen molar-refractivity contribution in [3.05, 3.63) is 53.8 Å². The molecule has 0 saturated carbocycles. The Morgan fingerprint density at radius 1 is 1.18 bits per heavy atom. The van der Waals surface area contributed by atoms with Crippen LogP contribution in [0.1, 0.15) is 10.4 Å². The van der Waals surface area contributed by atoms with E-state index >= 15 is 0 Å². The summed E-state index contributed by atoms with van der Waals surface area (Å²) >= 11 is 0. The molecule has 86 valence electrons. The van der Waals surface area contributed by atoms with Crippen LogP contribution in [0.4, 0.5) is 4.39 Å². The average Bonchev–Trinajstić information content (AvgIpc) is 2.38. The van der Waals surface area contributed by atoms with E-state index < -0.39 is 0 Å². The van der Waals surface area contributed by atoms with Crippen molar-refractivity contribution in [3.8, 4) is 16.9 Å². The van der Waals surface area contributed by atoms with Crippen LogP contribution in [-0.2, 0) is 0 Å². The van der Waals surface area contributed by atoms with Crippen LogP contribution in [0.5, 0.6) is 5.75 Å². The normalized spacial score (nSPS) is 10.0. The van der Waals surface area contributed by atoms with Crippen LogP contribution in [-0.4, -0.2) is 13.4 Å². The largest absolute Gasteiger partial charge is 0.496 e. The second-order valence-corrected chi connectivity index (χ2v) is 3.55. The van der Waals surface area contributed by atoms with E-state index in [0.29, 0.717) is 28.7 Å². The smallest absolute Gasteiger partial charge is 0.153 e. The number of rotatable bonds is 3. The van der Waals surface area contributed by atoms with Crippen molar-refractivity contribution in [1.82, 2.24) is 0 Å². The molecule has 0 spiro atoms. The number of carbonyl (C=O) groups is 1. The first-order chi connectivity index (χ1) is 8.26. The minimum Gasteiger partial charge on any atom is -0.496 e. The minimum atomic E-state index is -0.311. The quantitative estimate of drug-likeness (QED) is 0.756. The van der Waals surface area contributed by atoms with Gasteiger partial charge in [0, 0.05) is 5.56 Å². The third-order valence-corrected chi connectivity index (χ3v) is 2.54. The molecule has 0 fully saturated rings. The van der Waals surface area contributed by atoms with Gasteiger partial charge < -0.3 is 4.74 Å². The highest BCUT2D eigenvalue weighted by Gasteiger charge is 2.07. The number of carbonyl (C=O) groups excluding carboxylic acids is 1. The number of hydrogen-bond acceptors (Lipinski definition) is 2. The lowest BCUT2D eigenvalue weighted by Gasteiger charge is -2.07. The predicted octanol–water partition coefficient (Wildman–Crippen LogP) is 3.31. The third-order valence-electron chi connectivity index (χ3n) is 2.54. The summed E-state index contributed by atoms with van der Waals surface area (Å²) in [5.41, 5.74) is 1.54. The van der Waals surface area contributed by atoms with Gasteiger partial charge in [0.05, 0.1) is 12.7 Å². The number of hydrogen-bond donors (Lipinski definition) is 0. The maximum absolute atomic E-state index is 13.6. The molecule has 17 heavy (non-hydrogen) atoms. The van der Waals surface area contributed by atoms with E-state index in [0.717, 1.165) is 0 Å². The van der Waals surface area contributed by atoms with Crippen molar-refractivity contribution in [3.63, 3.8) is 0 Å². The lowest BCUT2D eigenvalue weighted by atomic mass is 10.0. The van der Waals surface area contributed by atoms with Crippen molar-refractivity contribution in [2.45, 2.75) is 0 Å². The molecule has 0 unspecified atom stereocenters. The first-order valence-corrected chi connectivity index (χ1v) is 5.14. The molecule has 3 heteroatoms. The molecule has 0 saturated heterocycles. The fraction of sp³-hybridized carbons (Fsp3) is 0.0714. The van der Waals surface area contributed by atoms with Gasteiger partial charge in [0.25, 0.3) is 0 Å². The summed E-state index contributed by atoms with van der Waals surface area (Å²) < 4.78 is 18.6. The summed E-state index contributed by atoms with van der Waals surface area (Å²) in [5, 5.41) is 0. The first kappa shape index (κ1) is 11.3. The highest BCUT2D eigenvalue weighted by atomic mass is 19.1. The Balaban J connectivity index is 2.54. The fourth-order valence-corrected chi connectivity index (χ4v) is 1.69. The predicted molar refractivity (Wildman–Crippen MR) is 63.8 cm³/mol. The van der Waals surface area contributed by atoms with Crippen LogP contribution in [0.25, 0.3) is 11.1 Å². The lowest BCUT2D eigenvalue weighted by Crippen LogP contribution is -1.92. The van der Waals surface area contributed by atoms with Crippen molar-refractivity contribution in [1.29, 1.82) is 0 Å². The molecule has 0 heterocycles. The van der Waals surface area contributed by atoms with Gasteiger partial charge in [-0.05, 0) is 23.8 Å². The molecule has 0 radical (unpaired) electrons. The maximum atomic E-state index is 13.6. The molecule has 2 aromatic carbocycles. The van der Waals surface area contributed by atoms with E-state index in [1.807, 2.05) is 0 Å². The van der Waals surface area contributed by atoms with Crippen LogP contribution in [0, 0.1) is 5.82 Å². The maximum Gasteiger partial charge on any atom is 0.153 e. The van der Waals surface area contributed by atoms with E-state index in [4.69, 9.17) is 4.74 Å². The van der Waals surface area contributed by atoms with Gasteiger partial charge in [0.2, 0.25) is 0 Å². The Morgan fingerprint density at radius 3 is 2.59 bits per heavy atom. The number of ether oxygens (including phenoxy) is 1. The molecule has 0 aliphatic heterocycles. The van der Waals surface area contributed by atoms with Gasteiger partial charge in [0.1, 0.15) is 11.6 Å². The van der Waals surface area contributed by atoms with E-state index in [1.165, 1.54) is 13.2 Å². The minimum absolute atomic E-state index is 0.311. The summed E-state index contributed by atoms with van der Waals surface area (Å²) in [6.45, 7) is 0. The van der Waals surface area contributed by atoms with Gasteiger partial charge in [-0.15, -0.1) is 0 Å². The van der Waals surface area contributed by atoms with E-state index in [2.05, 4.69) is 0 Å². The summed E-state index contributed by atoms with van der Waals surface area (Å²) in [7, 11) is 1.49. The summed E-state index contributed by atoms with van der Waals surface area (Å²) in [4.78, 5) is 10.9. The molecule has 0 atom stereocenters. The Hall–Kier alpha value is -2.16. The topological polar surface area (TPSA) is 26.3 Å². The van der Waals surface area contributed by atoms with Crippen LogP contribution in [0.3, 0.4) is 0 Å². The van der Waals surface area contributed by atoms with Crippen LogP contribution in [0.2, 0.25) is 0 Å². The van der Waals surface area contributed by atoms with Crippen molar-refractivity contribution >= 4 is 6.29 Å². The van der Waals surface area contributed by atoms with Gasteiger partial charge in [-0.2, -0.15) is 0 Å². The Labute approximate surface area is 98.7 Å². The molecule has 0 aliphatic rings.